The van der Waals surface area contributed by atoms with Crippen molar-refractivity contribution in [2.45, 2.75) is 57.6 Å². The number of pyridine rings is 1. The Morgan fingerprint density at radius 2 is 1.57 bits per heavy atom. The fourth-order valence-corrected chi connectivity index (χ4v) is 7.04. The number of piperazine rings is 1. The SMILES string of the molecule is CC(C)(C)OC(=O)N1CCN(c2cc(-c3cc(Cl)ccc3Oc3cc(F)c(S(=O)(=O)N(C(=O)OC(C)(C)C)c4cscn4)cc3F)ccn2)CC1. The number of hydrogen-bond acceptors (Lipinski definition) is 11. The second kappa shape index (κ2) is 14.6. The molecule has 1 aliphatic heterocycles. The molecule has 5 rings (SSSR count). The third kappa shape index (κ3) is 9.04. The average Bonchev–Trinajstić information content (AvgIpc) is 3.56. The first-order chi connectivity index (χ1) is 23.8. The summed E-state index contributed by atoms with van der Waals surface area (Å²) in [5.74, 6) is -2.90. The first-order valence-corrected chi connectivity index (χ1v) is 18.4. The van der Waals surface area contributed by atoms with Crippen molar-refractivity contribution in [1.82, 2.24) is 14.9 Å². The number of benzene rings is 2. The minimum absolute atomic E-state index is 0.0815. The van der Waals surface area contributed by atoms with Gasteiger partial charge in [0.2, 0.25) is 0 Å². The second-order valence-electron chi connectivity index (χ2n) is 13.4. The zero-order chi connectivity index (χ0) is 37.3. The summed E-state index contributed by atoms with van der Waals surface area (Å²) in [6, 6.07) is 9.02. The van der Waals surface area contributed by atoms with Crippen LogP contribution in [0.15, 0.2) is 64.4 Å². The number of aromatic nitrogens is 2. The summed E-state index contributed by atoms with van der Waals surface area (Å²) in [4.78, 5) is 36.4. The van der Waals surface area contributed by atoms with Gasteiger partial charge in [0.15, 0.2) is 17.4 Å². The van der Waals surface area contributed by atoms with Crippen molar-refractivity contribution in [3.05, 3.63) is 76.2 Å². The monoisotopic (exact) mass is 763 g/mol. The van der Waals surface area contributed by atoms with Gasteiger partial charge in [0.05, 0.1) is 5.51 Å². The zero-order valence-electron chi connectivity index (χ0n) is 28.6. The molecular formula is C34H36ClF2N5O7S2. The summed E-state index contributed by atoms with van der Waals surface area (Å²) in [7, 11) is -5.05. The van der Waals surface area contributed by atoms with Crippen LogP contribution in [0.25, 0.3) is 11.1 Å². The molecule has 4 aromatic rings. The molecule has 17 heteroatoms. The summed E-state index contributed by atoms with van der Waals surface area (Å²) in [5, 5.41) is 1.59. The molecule has 0 atom stereocenters. The van der Waals surface area contributed by atoms with E-state index in [-0.39, 0.29) is 15.9 Å². The van der Waals surface area contributed by atoms with Gasteiger partial charge in [-0.3, -0.25) is 0 Å². The summed E-state index contributed by atoms with van der Waals surface area (Å²) in [6.45, 7) is 11.8. The molecule has 1 fully saturated rings. The molecule has 1 saturated heterocycles. The number of ether oxygens (including phenoxy) is 3. The van der Waals surface area contributed by atoms with Gasteiger partial charge in [-0.05, 0) is 77.4 Å². The molecular weight excluding hydrogens is 728 g/mol. The van der Waals surface area contributed by atoms with Crippen LogP contribution in [-0.4, -0.2) is 72.9 Å². The molecule has 3 heterocycles. The number of nitrogens with zero attached hydrogens (tertiary/aromatic N) is 5. The van der Waals surface area contributed by atoms with Crippen LogP contribution in [0.4, 0.5) is 30.0 Å². The van der Waals surface area contributed by atoms with Crippen molar-refractivity contribution < 1.29 is 41.0 Å². The van der Waals surface area contributed by atoms with Gasteiger partial charge in [0.25, 0.3) is 10.0 Å². The standard InChI is InChI=1S/C34H36ClF2N5O7S2/c1-33(2,3)48-31(43)41-13-11-40(12-14-41)29-15-21(9-10-38-29)23-16-22(35)7-8-26(23)47-27-17-25(37)28(18-24(27)36)51(45,46)42(30-19-50-20-39-30)32(44)49-34(4,5)6/h7-10,15-20H,11-14H2,1-6H3. The van der Waals surface area contributed by atoms with Crippen LogP contribution in [0, 0.1) is 11.6 Å². The van der Waals surface area contributed by atoms with Crippen LogP contribution in [0.5, 0.6) is 11.5 Å². The number of halogens is 3. The van der Waals surface area contributed by atoms with Gasteiger partial charge >= 0.3 is 12.2 Å². The molecule has 0 saturated carbocycles. The first kappa shape index (κ1) is 37.7. The summed E-state index contributed by atoms with van der Waals surface area (Å²) < 4.78 is 75.3. The highest BCUT2D eigenvalue weighted by Gasteiger charge is 2.38. The van der Waals surface area contributed by atoms with Gasteiger partial charge in [0.1, 0.15) is 33.5 Å². The van der Waals surface area contributed by atoms with Gasteiger partial charge in [-0.25, -0.2) is 36.8 Å². The van der Waals surface area contributed by atoms with Gasteiger partial charge < -0.3 is 24.0 Å². The highest BCUT2D eigenvalue weighted by atomic mass is 35.5. The smallest absolute Gasteiger partial charge is 0.430 e. The van der Waals surface area contributed by atoms with E-state index in [9.17, 15) is 18.0 Å². The van der Waals surface area contributed by atoms with E-state index in [0.717, 1.165) is 11.3 Å². The Kier molecular flexibility index (Phi) is 10.8. The number of sulfonamides is 1. The molecule has 0 radical (unpaired) electrons. The Morgan fingerprint density at radius 1 is 0.882 bits per heavy atom. The molecule has 272 valence electrons. The van der Waals surface area contributed by atoms with E-state index < -0.39 is 55.7 Å². The molecule has 0 aliphatic carbocycles. The molecule has 0 bridgehead atoms. The van der Waals surface area contributed by atoms with E-state index in [4.69, 9.17) is 25.8 Å². The van der Waals surface area contributed by atoms with Crippen LogP contribution < -0.4 is 13.9 Å². The van der Waals surface area contributed by atoms with Crippen molar-refractivity contribution in [2.24, 2.45) is 0 Å². The third-order valence-corrected chi connectivity index (χ3v) is 9.66. The van der Waals surface area contributed by atoms with Crippen molar-refractivity contribution in [2.75, 3.05) is 35.4 Å². The Labute approximate surface area is 303 Å². The van der Waals surface area contributed by atoms with E-state index in [1.54, 1.807) is 29.3 Å². The van der Waals surface area contributed by atoms with E-state index in [0.29, 0.717) is 60.3 Å². The van der Waals surface area contributed by atoms with Gasteiger partial charge in [-0.15, -0.1) is 15.6 Å². The molecule has 2 aromatic carbocycles. The number of carbonyl (C=O) groups is 2. The number of rotatable bonds is 7. The lowest BCUT2D eigenvalue weighted by Gasteiger charge is -2.36. The Hall–Kier alpha value is -4.54. The fourth-order valence-electron chi connectivity index (χ4n) is 4.95. The number of thiazole rings is 1. The maximum atomic E-state index is 15.6. The maximum absolute atomic E-state index is 15.6. The predicted molar refractivity (Wildman–Crippen MR) is 189 cm³/mol. The van der Waals surface area contributed by atoms with Crippen LogP contribution >= 0.6 is 22.9 Å². The van der Waals surface area contributed by atoms with Crippen molar-refractivity contribution in [3.8, 4) is 22.6 Å². The molecule has 12 nitrogen and oxygen atoms in total. The second-order valence-corrected chi connectivity index (χ2v) is 16.3. The average molecular weight is 764 g/mol. The molecule has 51 heavy (non-hydrogen) atoms. The zero-order valence-corrected chi connectivity index (χ0v) is 31.0. The van der Waals surface area contributed by atoms with Gasteiger partial charge in [0, 0.05) is 60.5 Å². The Morgan fingerprint density at radius 3 is 2.20 bits per heavy atom. The van der Waals surface area contributed by atoms with Crippen LogP contribution in [0.2, 0.25) is 5.02 Å². The lowest BCUT2D eigenvalue weighted by Crippen LogP contribution is -2.50. The Bertz CT molecular complexity index is 2030. The maximum Gasteiger partial charge on any atom is 0.430 e. The molecule has 2 aromatic heterocycles. The molecule has 0 unspecified atom stereocenters. The van der Waals surface area contributed by atoms with Gasteiger partial charge in [-0.1, -0.05) is 11.6 Å². The van der Waals surface area contributed by atoms with E-state index in [1.807, 2.05) is 25.7 Å². The van der Waals surface area contributed by atoms with E-state index in [2.05, 4.69) is 9.97 Å². The fraction of sp³-hybridized carbons (Fsp3) is 0.353. The number of amides is 2. The summed E-state index contributed by atoms with van der Waals surface area (Å²) >= 11 is 7.33. The minimum atomic E-state index is -5.05. The normalized spacial score (nSPS) is 13.9. The van der Waals surface area contributed by atoms with Gasteiger partial charge in [-0.2, -0.15) is 0 Å². The van der Waals surface area contributed by atoms with Crippen LogP contribution in [0.1, 0.15) is 41.5 Å². The summed E-state index contributed by atoms with van der Waals surface area (Å²) in [6.07, 6.45) is -0.159. The molecule has 1 aliphatic rings. The highest BCUT2D eigenvalue weighted by Crippen LogP contribution is 2.39. The van der Waals surface area contributed by atoms with Crippen molar-refractivity contribution >= 4 is 56.8 Å². The number of hydrogen-bond donors (Lipinski definition) is 0. The predicted octanol–water partition coefficient (Wildman–Crippen LogP) is 8.12. The van der Waals surface area contributed by atoms with Crippen molar-refractivity contribution in [3.63, 3.8) is 0 Å². The minimum Gasteiger partial charge on any atom is -0.454 e. The topological polar surface area (TPSA) is 131 Å². The van der Waals surface area contributed by atoms with Crippen LogP contribution in [-0.2, 0) is 19.5 Å². The molecule has 0 N–H and O–H groups in total. The first-order valence-electron chi connectivity index (χ1n) is 15.6. The lowest BCUT2D eigenvalue weighted by atomic mass is 10.1. The van der Waals surface area contributed by atoms with E-state index in [1.165, 1.54) is 43.8 Å². The lowest BCUT2D eigenvalue weighted by molar-refractivity contribution is 0.0240. The number of carbonyl (C=O) groups excluding carboxylic acids is 2. The third-order valence-electron chi connectivity index (χ3n) is 7.16. The molecule has 2 amide bonds. The highest BCUT2D eigenvalue weighted by molar-refractivity contribution is 7.93. The number of anilines is 2. The van der Waals surface area contributed by atoms with Crippen LogP contribution in [0.3, 0.4) is 0 Å². The molecule has 0 spiro atoms. The summed E-state index contributed by atoms with van der Waals surface area (Å²) in [5.41, 5.74) is 0.557. The van der Waals surface area contributed by atoms with E-state index >= 15 is 8.78 Å². The largest absolute Gasteiger partial charge is 0.454 e. The van der Waals surface area contributed by atoms with Crippen molar-refractivity contribution in [1.29, 1.82) is 0 Å². The quantitative estimate of drug-likeness (QED) is 0.182. The Balaban J connectivity index is 1.41.